The second-order valence-corrected chi connectivity index (χ2v) is 9.47. The number of carboxylic acid groups (broad SMARTS) is 2. The molecule has 2 atom stereocenters. The normalized spacial score (nSPS) is 19.5. The Bertz CT molecular complexity index is 1310. The number of phenols is 1. The molecule has 0 aliphatic carbocycles. The van der Waals surface area contributed by atoms with Gasteiger partial charge in [-0.05, 0) is 28.1 Å². The Morgan fingerprint density at radius 2 is 2.06 bits per heavy atom. The summed E-state index contributed by atoms with van der Waals surface area (Å²) in [5, 5.41) is 53.3. The number of carboxylic acids is 2. The molecule has 1 fully saturated rings. The van der Waals surface area contributed by atoms with Gasteiger partial charge in [-0.1, -0.05) is 29.1 Å². The molecular weight excluding hydrogens is 518 g/mol. The van der Waals surface area contributed by atoms with E-state index in [1.807, 2.05) is 0 Å². The Balaban J connectivity index is 1.48. The number of benzene rings is 1. The molecule has 0 saturated carbocycles. The molecule has 0 bridgehead atoms. The molecule has 2 aliphatic heterocycles. The van der Waals surface area contributed by atoms with E-state index in [0.29, 0.717) is 5.57 Å². The standard InChI is InChI=1S/C19H17N7O8S2/c27-10-3-1-2-8(4-10)12(22-34)15(30)20-13-16(31)26-14(18(32)33)9(6-35-17(13)26)7-36-19-21-23-24-25(19)5-11(28)29/h1-4,13,17,27,34H,5-7H2,(H,20,30)(H,28,29)(H,32,33)/t13?,17-/m1/s1. The van der Waals surface area contributed by atoms with E-state index in [9.17, 15) is 34.6 Å². The molecule has 1 unspecified atom stereocenters. The first-order valence-corrected chi connectivity index (χ1v) is 12.1. The lowest BCUT2D eigenvalue weighted by atomic mass is 10.0. The number of carbonyl (C=O) groups excluding carboxylic acids is 2. The van der Waals surface area contributed by atoms with Crippen LogP contribution < -0.4 is 5.32 Å². The number of nitrogens with zero attached hydrogens (tertiary/aromatic N) is 6. The van der Waals surface area contributed by atoms with Gasteiger partial charge in [0.15, 0.2) is 5.71 Å². The van der Waals surface area contributed by atoms with Crippen molar-refractivity contribution in [1.82, 2.24) is 30.4 Å². The smallest absolute Gasteiger partial charge is 0.352 e. The van der Waals surface area contributed by atoms with E-state index < -0.39 is 47.4 Å². The number of fused-ring (bicyclic) bond motifs is 1. The molecule has 0 radical (unpaired) electrons. The molecule has 188 valence electrons. The van der Waals surface area contributed by atoms with E-state index in [-0.39, 0.29) is 33.7 Å². The zero-order valence-electron chi connectivity index (χ0n) is 18.0. The summed E-state index contributed by atoms with van der Waals surface area (Å²) in [6, 6.07) is 4.38. The Kier molecular flexibility index (Phi) is 7.11. The molecule has 1 aromatic carbocycles. The van der Waals surface area contributed by atoms with Crippen LogP contribution in [-0.2, 0) is 25.7 Å². The number of amides is 2. The van der Waals surface area contributed by atoms with Crippen LogP contribution in [0.2, 0.25) is 0 Å². The zero-order chi connectivity index (χ0) is 26.0. The van der Waals surface area contributed by atoms with Gasteiger partial charge in [-0.15, -0.1) is 16.9 Å². The molecular formula is C19H17N7O8S2. The topological polar surface area (TPSA) is 220 Å². The molecule has 2 amide bonds. The number of nitrogens with one attached hydrogen (secondary N) is 1. The summed E-state index contributed by atoms with van der Waals surface area (Å²) >= 11 is 2.25. The van der Waals surface area contributed by atoms with Crippen LogP contribution >= 0.6 is 23.5 Å². The summed E-state index contributed by atoms with van der Waals surface area (Å²) in [5.41, 5.74) is -0.147. The highest BCUT2D eigenvalue weighted by Crippen LogP contribution is 2.41. The van der Waals surface area contributed by atoms with E-state index >= 15 is 0 Å². The number of hydrogen-bond donors (Lipinski definition) is 5. The number of phenolic OH excluding ortho intramolecular Hbond substituents is 1. The predicted octanol–water partition coefficient (Wildman–Crippen LogP) is -0.827. The lowest BCUT2D eigenvalue weighted by Gasteiger charge is -2.49. The molecule has 15 nitrogen and oxygen atoms in total. The summed E-state index contributed by atoms with van der Waals surface area (Å²) in [4.78, 5) is 49.5. The minimum absolute atomic E-state index is 0.0843. The number of tetrazole rings is 1. The Hall–Kier alpha value is -4.12. The molecule has 36 heavy (non-hydrogen) atoms. The van der Waals surface area contributed by atoms with Crippen molar-refractivity contribution in [2.45, 2.75) is 23.1 Å². The molecule has 3 heterocycles. The summed E-state index contributed by atoms with van der Waals surface area (Å²) in [6.07, 6.45) is 0. The van der Waals surface area contributed by atoms with Gasteiger partial charge in [0.1, 0.15) is 29.4 Å². The first-order chi connectivity index (χ1) is 17.2. The summed E-state index contributed by atoms with van der Waals surface area (Å²) in [7, 11) is 0. The minimum Gasteiger partial charge on any atom is -0.508 e. The lowest BCUT2D eigenvalue weighted by molar-refractivity contribution is -0.150. The van der Waals surface area contributed by atoms with Crippen molar-refractivity contribution >= 4 is 53.0 Å². The average Bonchev–Trinajstić information content (AvgIpc) is 3.27. The summed E-state index contributed by atoms with van der Waals surface area (Å²) in [6.45, 7) is -0.468. The average molecular weight is 536 g/mol. The highest BCUT2D eigenvalue weighted by molar-refractivity contribution is 8.01. The fourth-order valence-corrected chi connectivity index (χ4v) is 5.93. The van der Waals surface area contributed by atoms with Gasteiger partial charge in [-0.2, -0.15) is 0 Å². The molecule has 17 heteroatoms. The van der Waals surface area contributed by atoms with Gasteiger partial charge in [-0.25, -0.2) is 9.48 Å². The largest absolute Gasteiger partial charge is 0.508 e. The maximum absolute atomic E-state index is 12.9. The van der Waals surface area contributed by atoms with Crippen LogP contribution in [0.1, 0.15) is 5.56 Å². The van der Waals surface area contributed by atoms with Crippen LogP contribution in [0.4, 0.5) is 0 Å². The van der Waals surface area contributed by atoms with E-state index in [0.717, 1.165) is 21.3 Å². The third kappa shape index (κ3) is 4.82. The number of aromatic nitrogens is 4. The zero-order valence-corrected chi connectivity index (χ0v) is 19.6. The van der Waals surface area contributed by atoms with Gasteiger partial charge in [0.05, 0.1) is 0 Å². The third-order valence-corrected chi connectivity index (χ3v) is 7.51. The molecule has 5 N–H and O–H groups in total. The van der Waals surface area contributed by atoms with E-state index in [1.54, 1.807) is 0 Å². The number of β-lactam (4-membered cyclic amide) rings is 1. The number of oxime groups is 1. The predicted molar refractivity (Wildman–Crippen MR) is 122 cm³/mol. The number of thioether (sulfide) groups is 2. The van der Waals surface area contributed by atoms with Crippen molar-refractivity contribution < 1.29 is 39.7 Å². The lowest BCUT2D eigenvalue weighted by Crippen LogP contribution is -2.71. The Morgan fingerprint density at radius 1 is 1.28 bits per heavy atom. The van der Waals surface area contributed by atoms with Crippen LogP contribution in [0.25, 0.3) is 0 Å². The van der Waals surface area contributed by atoms with Crippen molar-refractivity contribution in [2.75, 3.05) is 11.5 Å². The van der Waals surface area contributed by atoms with Gasteiger partial charge >= 0.3 is 11.9 Å². The monoisotopic (exact) mass is 535 g/mol. The molecule has 4 rings (SSSR count). The van der Waals surface area contributed by atoms with Crippen LogP contribution in [0.15, 0.2) is 45.8 Å². The second kappa shape index (κ2) is 10.2. The summed E-state index contributed by atoms with van der Waals surface area (Å²) < 4.78 is 1.06. The van der Waals surface area contributed by atoms with E-state index in [4.69, 9.17) is 5.11 Å². The van der Waals surface area contributed by atoms with Gasteiger partial charge in [-0.3, -0.25) is 19.3 Å². The number of aromatic hydroxyl groups is 1. The number of aliphatic carboxylic acids is 2. The maximum atomic E-state index is 12.9. The van der Waals surface area contributed by atoms with Crippen molar-refractivity contribution in [3.63, 3.8) is 0 Å². The first kappa shape index (κ1) is 25.0. The molecule has 2 aromatic rings. The van der Waals surface area contributed by atoms with Crippen LogP contribution in [-0.4, -0.2) is 98.0 Å². The second-order valence-electron chi connectivity index (χ2n) is 7.42. The first-order valence-electron chi connectivity index (χ1n) is 10.0. The van der Waals surface area contributed by atoms with Gasteiger partial charge in [0, 0.05) is 17.1 Å². The van der Waals surface area contributed by atoms with Crippen molar-refractivity contribution in [1.29, 1.82) is 0 Å². The van der Waals surface area contributed by atoms with Gasteiger partial charge in [0.2, 0.25) is 5.16 Å². The molecule has 2 aliphatic rings. The van der Waals surface area contributed by atoms with Gasteiger partial charge in [0.25, 0.3) is 11.8 Å². The number of rotatable bonds is 9. The highest BCUT2D eigenvalue weighted by atomic mass is 32.2. The van der Waals surface area contributed by atoms with Crippen molar-refractivity contribution in [3.8, 4) is 5.75 Å². The highest BCUT2D eigenvalue weighted by Gasteiger charge is 2.54. The fourth-order valence-electron chi connectivity index (χ4n) is 3.57. The van der Waals surface area contributed by atoms with Crippen molar-refractivity contribution in [2.24, 2.45) is 5.16 Å². The summed E-state index contributed by atoms with van der Waals surface area (Å²) in [5.74, 6) is -3.89. The molecule has 1 saturated heterocycles. The Labute approximate surface area is 209 Å². The number of carbonyl (C=O) groups is 4. The Morgan fingerprint density at radius 3 is 2.72 bits per heavy atom. The van der Waals surface area contributed by atoms with Crippen LogP contribution in [0.5, 0.6) is 5.75 Å². The van der Waals surface area contributed by atoms with Crippen LogP contribution in [0.3, 0.4) is 0 Å². The van der Waals surface area contributed by atoms with Gasteiger partial charge < -0.3 is 25.8 Å². The van der Waals surface area contributed by atoms with Crippen molar-refractivity contribution in [3.05, 3.63) is 41.1 Å². The minimum atomic E-state index is -1.34. The van der Waals surface area contributed by atoms with E-state index in [1.165, 1.54) is 36.0 Å². The molecule has 0 spiro atoms. The fraction of sp³-hybridized carbons (Fsp3) is 0.263. The SMILES string of the molecule is O=C(O)Cn1nnnc1SCC1=C(C(=O)O)N2C(=O)C(NC(=O)C(=NO)c3cccc(O)c3)[C@H]2SC1. The third-order valence-electron chi connectivity index (χ3n) is 5.13. The van der Waals surface area contributed by atoms with E-state index in [2.05, 4.69) is 26.0 Å². The number of hydrogen-bond acceptors (Lipinski definition) is 12. The molecule has 1 aromatic heterocycles. The van der Waals surface area contributed by atoms with Crippen LogP contribution in [0, 0.1) is 0 Å². The maximum Gasteiger partial charge on any atom is 0.352 e. The quantitative estimate of drug-likeness (QED) is 0.0871.